The second kappa shape index (κ2) is 5.55. The molecule has 0 spiro atoms. The molecule has 100 valence electrons. The molecule has 0 bridgehead atoms. The largest absolute Gasteiger partial charge is 0.207 e. The summed E-state index contributed by atoms with van der Waals surface area (Å²) in [4.78, 5) is -0.570. The van der Waals surface area contributed by atoms with E-state index in [-0.39, 0.29) is 5.56 Å². The number of rotatable bonds is 2. The van der Waals surface area contributed by atoms with Crippen molar-refractivity contribution < 1.29 is 13.2 Å². The van der Waals surface area contributed by atoms with Gasteiger partial charge in [-0.1, -0.05) is 33.6 Å². The van der Waals surface area contributed by atoms with E-state index in [1.54, 1.807) is 18.2 Å². The molecule has 0 aliphatic carbocycles. The first-order valence-corrected chi connectivity index (χ1v) is 6.74. The minimum atomic E-state index is -1.20. The summed E-state index contributed by atoms with van der Waals surface area (Å²) in [6, 6.07) is 6.51. The fourth-order valence-corrected chi connectivity index (χ4v) is 2.91. The van der Waals surface area contributed by atoms with Gasteiger partial charge in [-0.15, -0.1) is 0 Å². The lowest BCUT2D eigenvalue weighted by Gasteiger charge is -2.15. The van der Waals surface area contributed by atoms with Crippen LogP contribution in [0.2, 0.25) is 5.02 Å². The average Bonchev–Trinajstić information content (AvgIpc) is 2.33. The highest BCUT2D eigenvalue weighted by molar-refractivity contribution is 9.09. The maximum Gasteiger partial charge on any atom is 0.161 e. The number of alkyl halides is 1. The maximum absolute atomic E-state index is 13.7. The SMILES string of the molecule is Cc1cc(Cl)ccc1C(Br)c1cc(F)c(F)cc1F. The normalized spacial score (nSPS) is 12.5. The van der Waals surface area contributed by atoms with E-state index in [9.17, 15) is 13.2 Å². The van der Waals surface area contributed by atoms with E-state index in [0.717, 1.165) is 17.2 Å². The van der Waals surface area contributed by atoms with Crippen LogP contribution in [0.15, 0.2) is 30.3 Å². The topological polar surface area (TPSA) is 0 Å². The van der Waals surface area contributed by atoms with Crippen molar-refractivity contribution in [2.45, 2.75) is 11.8 Å². The van der Waals surface area contributed by atoms with E-state index in [4.69, 9.17) is 11.6 Å². The first-order chi connectivity index (χ1) is 8.90. The van der Waals surface area contributed by atoms with Gasteiger partial charge in [-0.3, -0.25) is 0 Å². The second-order valence-electron chi connectivity index (χ2n) is 4.15. The zero-order valence-electron chi connectivity index (χ0n) is 9.85. The van der Waals surface area contributed by atoms with Crippen molar-refractivity contribution in [3.8, 4) is 0 Å². The monoisotopic (exact) mass is 348 g/mol. The lowest BCUT2D eigenvalue weighted by molar-refractivity contribution is 0.491. The van der Waals surface area contributed by atoms with Gasteiger partial charge in [0.25, 0.3) is 0 Å². The summed E-state index contributed by atoms with van der Waals surface area (Å²) < 4.78 is 39.8. The third-order valence-corrected chi connectivity index (χ3v) is 4.04. The summed E-state index contributed by atoms with van der Waals surface area (Å²) in [5, 5.41) is 0.562. The Hall–Kier alpha value is -1.00. The molecule has 1 unspecified atom stereocenters. The van der Waals surface area contributed by atoms with Gasteiger partial charge in [-0.2, -0.15) is 0 Å². The van der Waals surface area contributed by atoms with Gasteiger partial charge >= 0.3 is 0 Å². The zero-order chi connectivity index (χ0) is 14.2. The number of benzene rings is 2. The third kappa shape index (κ3) is 2.95. The Morgan fingerprint density at radius 3 is 2.21 bits per heavy atom. The van der Waals surface area contributed by atoms with Crippen molar-refractivity contribution in [1.29, 1.82) is 0 Å². The first kappa shape index (κ1) is 14.4. The van der Waals surface area contributed by atoms with Crippen molar-refractivity contribution in [2.75, 3.05) is 0 Å². The molecule has 0 fully saturated rings. The molecule has 0 heterocycles. The van der Waals surface area contributed by atoms with E-state index < -0.39 is 22.3 Å². The van der Waals surface area contributed by atoms with Crippen LogP contribution in [0.5, 0.6) is 0 Å². The number of hydrogen-bond donors (Lipinski definition) is 0. The predicted octanol–water partition coefficient (Wildman–Crippen LogP) is 5.55. The van der Waals surface area contributed by atoms with Crippen molar-refractivity contribution >= 4 is 27.5 Å². The Kier molecular flexibility index (Phi) is 4.21. The summed E-state index contributed by atoms with van der Waals surface area (Å²) >= 11 is 9.15. The highest BCUT2D eigenvalue weighted by atomic mass is 79.9. The van der Waals surface area contributed by atoms with Gasteiger partial charge in [0.05, 0.1) is 4.83 Å². The summed E-state index contributed by atoms with van der Waals surface area (Å²) in [5.41, 5.74) is 1.62. The van der Waals surface area contributed by atoms with E-state index in [0.29, 0.717) is 11.1 Å². The van der Waals surface area contributed by atoms with Gasteiger partial charge in [-0.25, -0.2) is 13.2 Å². The van der Waals surface area contributed by atoms with Gasteiger partial charge in [0.2, 0.25) is 0 Å². The molecule has 0 saturated heterocycles. The highest BCUT2D eigenvalue weighted by Crippen LogP contribution is 2.35. The van der Waals surface area contributed by atoms with Crippen LogP contribution in [0.3, 0.4) is 0 Å². The summed E-state index contributed by atoms with van der Waals surface area (Å²) in [6.45, 7) is 1.81. The molecule has 0 nitrogen and oxygen atoms in total. The number of hydrogen-bond acceptors (Lipinski definition) is 0. The molecule has 19 heavy (non-hydrogen) atoms. The molecule has 5 heteroatoms. The van der Waals surface area contributed by atoms with Crippen molar-refractivity contribution in [2.24, 2.45) is 0 Å². The molecule has 2 aromatic rings. The fourth-order valence-electron chi connectivity index (χ4n) is 1.82. The molecule has 0 radical (unpaired) electrons. The molecular weight excluding hydrogens is 341 g/mol. The van der Waals surface area contributed by atoms with Crippen LogP contribution >= 0.6 is 27.5 Å². The van der Waals surface area contributed by atoms with Gasteiger partial charge in [0, 0.05) is 16.7 Å². The van der Waals surface area contributed by atoms with E-state index in [1.165, 1.54) is 0 Å². The van der Waals surface area contributed by atoms with Gasteiger partial charge in [0.1, 0.15) is 5.82 Å². The van der Waals surface area contributed by atoms with Gasteiger partial charge in [0.15, 0.2) is 11.6 Å². The van der Waals surface area contributed by atoms with Gasteiger partial charge < -0.3 is 0 Å². The van der Waals surface area contributed by atoms with E-state index in [2.05, 4.69) is 15.9 Å². The Bertz CT molecular complexity index is 628. The smallest absolute Gasteiger partial charge is 0.161 e. The number of aryl methyl sites for hydroxylation is 1. The lowest BCUT2D eigenvalue weighted by Crippen LogP contribution is -2.01. The fraction of sp³-hybridized carbons (Fsp3) is 0.143. The van der Waals surface area contributed by atoms with E-state index >= 15 is 0 Å². The molecule has 0 aliphatic heterocycles. The quantitative estimate of drug-likeness (QED) is 0.492. The predicted molar refractivity (Wildman–Crippen MR) is 73.3 cm³/mol. The van der Waals surface area contributed by atoms with Crippen LogP contribution < -0.4 is 0 Å². The third-order valence-electron chi connectivity index (χ3n) is 2.82. The molecule has 2 rings (SSSR count). The minimum absolute atomic E-state index is 0.0457. The number of halogens is 5. The van der Waals surface area contributed by atoms with Crippen LogP contribution in [0, 0.1) is 24.4 Å². The van der Waals surface area contributed by atoms with E-state index in [1.807, 2.05) is 6.92 Å². The van der Waals surface area contributed by atoms with Crippen LogP contribution in [0.1, 0.15) is 21.5 Å². The van der Waals surface area contributed by atoms with Crippen LogP contribution in [-0.2, 0) is 0 Å². The maximum atomic E-state index is 13.7. The van der Waals surface area contributed by atoms with Crippen molar-refractivity contribution in [3.63, 3.8) is 0 Å². The molecule has 0 saturated carbocycles. The molecule has 2 aromatic carbocycles. The minimum Gasteiger partial charge on any atom is -0.207 e. The Balaban J connectivity index is 2.49. The lowest BCUT2D eigenvalue weighted by atomic mass is 10.00. The van der Waals surface area contributed by atoms with Crippen molar-refractivity contribution in [3.05, 3.63) is 69.5 Å². The Morgan fingerprint density at radius 1 is 0.947 bits per heavy atom. The second-order valence-corrected chi connectivity index (χ2v) is 5.50. The molecule has 0 aromatic heterocycles. The summed E-state index contributed by atoms with van der Waals surface area (Å²) in [5.74, 6) is -3.07. The molecular formula is C14H9BrClF3. The van der Waals surface area contributed by atoms with Crippen molar-refractivity contribution in [1.82, 2.24) is 0 Å². The Labute approximate surface area is 122 Å². The molecule has 0 amide bonds. The Morgan fingerprint density at radius 2 is 1.58 bits per heavy atom. The molecule has 0 N–H and O–H groups in total. The zero-order valence-corrected chi connectivity index (χ0v) is 12.2. The highest BCUT2D eigenvalue weighted by Gasteiger charge is 2.19. The standard InChI is InChI=1S/C14H9BrClF3/c1-7-4-8(16)2-3-9(7)14(15)10-5-12(18)13(19)6-11(10)17/h2-6,14H,1H3. The molecule has 0 aliphatic rings. The summed E-state index contributed by atoms with van der Waals surface area (Å²) in [6.07, 6.45) is 0. The van der Waals surface area contributed by atoms with Gasteiger partial charge in [-0.05, 0) is 36.2 Å². The first-order valence-electron chi connectivity index (χ1n) is 5.44. The molecule has 1 atom stereocenters. The van der Waals surface area contributed by atoms with Crippen LogP contribution in [0.4, 0.5) is 13.2 Å². The van der Waals surface area contributed by atoms with Crippen LogP contribution in [-0.4, -0.2) is 0 Å². The summed E-state index contributed by atoms with van der Waals surface area (Å²) in [7, 11) is 0. The van der Waals surface area contributed by atoms with Crippen LogP contribution in [0.25, 0.3) is 0 Å². The average molecular weight is 350 g/mol.